The molecule has 0 fully saturated rings. The predicted molar refractivity (Wildman–Crippen MR) is 30.3 cm³/mol. The Labute approximate surface area is 53.8 Å². The highest BCUT2D eigenvalue weighted by atomic mass is 79.9. The number of hydrogen-bond acceptors (Lipinski definition) is 1. The lowest BCUT2D eigenvalue weighted by molar-refractivity contribution is 0.165. The average molecular weight is 158 g/mol. The van der Waals surface area contributed by atoms with E-state index >= 15 is 0 Å². The first kappa shape index (κ1) is 1.75. The van der Waals surface area contributed by atoms with E-state index in [9.17, 15) is 0 Å². The van der Waals surface area contributed by atoms with Gasteiger partial charge in [0.25, 0.3) is 0 Å². The van der Waals surface area contributed by atoms with Crippen molar-refractivity contribution in [1.82, 2.24) is 0 Å². The van der Waals surface area contributed by atoms with Crippen LogP contribution in [0.1, 0.15) is 13.7 Å². The van der Waals surface area contributed by atoms with E-state index in [1.54, 1.807) is 0 Å². The fourth-order valence-corrected chi connectivity index (χ4v) is 0.251. The molecule has 0 aliphatic heterocycles. The van der Waals surface area contributed by atoms with Crippen LogP contribution in [0, 0.1) is 0 Å². The van der Waals surface area contributed by atoms with Gasteiger partial charge in [-0.3, -0.25) is 0 Å². The zero-order chi connectivity index (χ0) is 9.12. The summed E-state index contributed by atoms with van der Waals surface area (Å²) in [5.41, 5.74) is 0. The third kappa shape index (κ3) is 4.44. The summed E-state index contributed by atoms with van der Waals surface area (Å²) in [5.74, 6) is 0. The molecule has 0 radical (unpaired) electrons. The molecule has 0 aromatic heterocycles. The standard InChI is InChI=1S/C4H9BrO/c1-2-6-4-3-5/h2-4H2,1H3/i1D3,2D2. The van der Waals surface area contributed by atoms with Crippen molar-refractivity contribution in [2.24, 2.45) is 0 Å². The van der Waals surface area contributed by atoms with Crippen LogP contribution in [0.4, 0.5) is 0 Å². The molecular weight excluding hydrogens is 144 g/mol. The second-order valence-corrected chi connectivity index (χ2v) is 1.43. The molecule has 1 nitrogen and oxygen atoms in total. The molecule has 0 rings (SSSR count). The largest absolute Gasteiger partial charge is 0.381 e. The summed E-state index contributed by atoms with van der Waals surface area (Å²) in [6.45, 7) is -5.21. The van der Waals surface area contributed by atoms with Gasteiger partial charge in [-0.1, -0.05) is 15.9 Å². The molecule has 2 heteroatoms. The molecule has 0 atom stereocenters. The molecule has 0 amide bonds. The maximum absolute atomic E-state index is 6.94. The zero-order valence-electron chi connectivity index (χ0n) is 8.20. The number of rotatable bonds is 3. The van der Waals surface area contributed by atoms with Gasteiger partial charge in [0.1, 0.15) is 0 Å². The maximum atomic E-state index is 6.94. The molecule has 0 bridgehead atoms. The van der Waals surface area contributed by atoms with Crippen LogP contribution in [0.3, 0.4) is 0 Å². The van der Waals surface area contributed by atoms with Crippen molar-refractivity contribution < 1.29 is 11.6 Å². The summed E-state index contributed by atoms with van der Waals surface area (Å²) in [7, 11) is 0. The van der Waals surface area contributed by atoms with E-state index in [1.807, 2.05) is 0 Å². The predicted octanol–water partition coefficient (Wildman–Crippen LogP) is 1.42. The molecule has 0 heterocycles. The summed E-state index contributed by atoms with van der Waals surface area (Å²) in [6.07, 6.45) is 0. The van der Waals surface area contributed by atoms with E-state index in [0.29, 0.717) is 5.33 Å². The zero-order valence-corrected chi connectivity index (χ0v) is 4.79. The maximum Gasteiger partial charge on any atom is 0.0564 e. The van der Waals surface area contributed by atoms with Crippen LogP contribution in [0.15, 0.2) is 0 Å². The van der Waals surface area contributed by atoms with Gasteiger partial charge in [0.15, 0.2) is 0 Å². The lowest BCUT2D eigenvalue weighted by Crippen LogP contribution is -1.91. The molecule has 0 saturated carbocycles. The summed E-state index contributed by atoms with van der Waals surface area (Å²) >= 11 is 2.99. The highest BCUT2D eigenvalue weighted by Gasteiger charge is 1.74. The highest BCUT2D eigenvalue weighted by Crippen LogP contribution is 1.78. The fourth-order valence-electron chi connectivity index (χ4n) is 0.0896. The van der Waals surface area contributed by atoms with Crippen molar-refractivity contribution in [1.29, 1.82) is 0 Å². The fraction of sp³-hybridized carbons (Fsp3) is 1.00. The van der Waals surface area contributed by atoms with Gasteiger partial charge in [0, 0.05) is 16.0 Å². The van der Waals surface area contributed by atoms with Crippen molar-refractivity contribution in [2.75, 3.05) is 18.5 Å². The minimum Gasteiger partial charge on any atom is -0.381 e. The van der Waals surface area contributed by atoms with Gasteiger partial charge in [-0.05, 0) is 6.85 Å². The summed E-state index contributed by atoms with van der Waals surface area (Å²) in [6, 6.07) is 0. The van der Waals surface area contributed by atoms with Gasteiger partial charge >= 0.3 is 0 Å². The molecule has 0 N–H and O–H groups in total. The molecule has 0 aliphatic rings. The lowest BCUT2D eigenvalue weighted by atomic mass is 10.8. The molecular formula is C4H9BrO. The molecule has 6 heavy (non-hydrogen) atoms. The first-order valence-corrected chi connectivity index (χ1v) is 2.63. The number of halogens is 1. The van der Waals surface area contributed by atoms with Crippen LogP contribution in [-0.2, 0) is 4.74 Å². The van der Waals surface area contributed by atoms with Crippen LogP contribution in [0.25, 0.3) is 0 Å². The van der Waals surface area contributed by atoms with Crippen molar-refractivity contribution in [3.05, 3.63) is 0 Å². The minimum atomic E-state index is -2.71. The van der Waals surface area contributed by atoms with Crippen LogP contribution in [0.5, 0.6) is 0 Å². The third-order valence-electron chi connectivity index (χ3n) is 0.251. The Morgan fingerprint density at radius 1 is 2.17 bits per heavy atom. The number of hydrogen-bond donors (Lipinski definition) is 0. The Morgan fingerprint density at radius 3 is 3.50 bits per heavy atom. The molecule has 0 saturated heterocycles. The lowest BCUT2D eigenvalue weighted by Gasteiger charge is -1.90. The van der Waals surface area contributed by atoms with E-state index < -0.39 is 13.4 Å². The third-order valence-corrected chi connectivity index (χ3v) is 0.575. The molecule has 0 aliphatic carbocycles. The Morgan fingerprint density at radius 2 is 3.00 bits per heavy atom. The van der Waals surface area contributed by atoms with Crippen LogP contribution in [0.2, 0.25) is 0 Å². The first-order valence-electron chi connectivity index (χ1n) is 4.01. The molecule has 0 aromatic rings. The second kappa shape index (κ2) is 5.44. The smallest absolute Gasteiger partial charge is 0.0564 e. The Hall–Kier alpha value is 0.440. The topological polar surface area (TPSA) is 9.23 Å². The monoisotopic (exact) mass is 157 g/mol. The van der Waals surface area contributed by atoms with Crippen LogP contribution >= 0.6 is 15.9 Å². The van der Waals surface area contributed by atoms with Crippen molar-refractivity contribution in [3.63, 3.8) is 0 Å². The molecule has 38 valence electrons. The summed E-state index contributed by atoms with van der Waals surface area (Å²) < 4.78 is 38.5. The van der Waals surface area contributed by atoms with Crippen LogP contribution in [-0.4, -0.2) is 18.5 Å². The quantitative estimate of drug-likeness (QED) is 0.564. The van der Waals surface area contributed by atoms with Crippen LogP contribution < -0.4 is 0 Å². The second-order valence-electron chi connectivity index (χ2n) is 0.640. The van der Waals surface area contributed by atoms with Gasteiger partial charge < -0.3 is 4.74 Å². The Bertz CT molecular complexity index is 122. The van der Waals surface area contributed by atoms with E-state index in [2.05, 4.69) is 20.7 Å². The van der Waals surface area contributed by atoms with Crippen molar-refractivity contribution >= 4 is 15.9 Å². The van der Waals surface area contributed by atoms with Crippen molar-refractivity contribution in [3.8, 4) is 0 Å². The normalized spacial score (nSPS) is 25.8. The highest BCUT2D eigenvalue weighted by molar-refractivity contribution is 9.09. The first-order chi connectivity index (χ1) is 4.81. The van der Waals surface area contributed by atoms with Gasteiger partial charge in [-0.25, -0.2) is 0 Å². The SMILES string of the molecule is [2H]C([2H])([2H])C([2H])([2H])OCCBr. The Kier molecular flexibility index (Phi) is 1.59. The van der Waals surface area contributed by atoms with Gasteiger partial charge in [-0.2, -0.15) is 0 Å². The number of ether oxygens (including phenoxy) is 1. The summed E-state index contributed by atoms with van der Waals surface area (Å²) in [5, 5.41) is 0.419. The minimum absolute atomic E-state index is 0.0470. The van der Waals surface area contributed by atoms with Crippen molar-refractivity contribution in [2.45, 2.75) is 6.85 Å². The molecule has 0 spiro atoms. The van der Waals surface area contributed by atoms with E-state index in [-0.39, 0.29) is 6.61 Å². The van der Waals surface area contributed by atoms with Gasteiger partial charge in [0.05, 0.1) is 9.35 Å². The summed E-state index contributed by atoms with van der Waals surface area (Å²) in [4.78, 5) is 0. The Balaban J connectivity index is 4.00. The van der Waals surface area contributed by atoms with E-state index in [4.69, 9.17) is 6.85 Å². The van der Waals surface area contributed by atoms with E-state index in [1.165, 1.54) is 0 Å². The molecule has 0 aromatic carbocycles. The molecule has 0 unspecified atom stereocenters. The average Bonchev–Trinajstić information content (AvgIpc) is 1.81. The number of alkyl halides is 1. The van der Waals surface area contributed by atoms with E-state index in [0.717, 1.165) is 0 Å². The van der Waals surface area contributed by atoms with Gasteiger partial charge in [0.2, 0.25) is 0 Å². The van der Waals surface area contributed by atoms with Gasteiger partial charge in [-0.15, -0.1) is 0 Å².